The molecule has 0 aliphatic carbocycles. The fourth-order valence-corrected chi connectivity index (χ4v) is 2.36. The number of methoxy groups -OCH3 is 1. The van der Waals surface area contributed by atoms with Crippen molar-refractivity contribution in [3.05, 3.63) is 29.3 Å². The molecule has 0 spiro atoms. The largest absolute Gasteiger partial charge is 0.492 e. The fourth-order valence-electron chi connectivity index (χ4n) is 2.23. The number of hydrogen-bond donors (Lipinski definition) is 1. The summed E-state index contributed by atoms with van der Waals surface area (Å²) in [5.74, 6) is -1.88. The predicted molar refractivity (Wildman–Crippen MR) is 87.1 cm³/mol. The molecule has 142 valence electrons. The zero-order chi connectivity index (χ0) is 18.9. The number of nitrogens with zero attached hydrogens (tertiary/aromatic N) is 1. The number of aliphatic carboxylic acids is 1. The topological polar surface area (TPSA) is 59.0 Å². The average Bonchev–Trinajstić information content (AvgIpc) is 2.56. The molecule has 1 aromatic carbocycles. The Morgan fingerprint density at radius 3 is 2.48 bits per heavy atom. The minimum absolute atomic E-state index is 0.384. The van der Waals surface area contributed by atoms with Gasteiger partial charge in [0.1, 0.15) is 12.4 Å². The highest BCUT2D eigenvalue weighted by atomic mass is 35.5. The van der Waals surface area contributed by atoms with Crippen molar-refractivity contribution in [3.63, 3.8) is 0 Å². The van der Waals surface area contributed by atoms with E-state index in [4.69, 9.17) is 31.0 Å². The van der Waals surface area contributed by atoms with Crippen LogP contribution in [-0.4, -0.2) is 61.6 Å². The molecule has 1 saturated heterocycles. The summed E-state index contributed by atoms with van der Waals surface area (Å²) in [4.78, 5) is 11.3. The lowest BCUT2D eigenvalue weighted by atomic mass is 10.1. The van der Waals surface area contributed by atoms with Gasteiger partial charge in [-0.2, -0.15) is 13.2 Å². The Balaban J connectivity index is 0.000000381. The van der Waals surface area contributed by atoms with Gasteiger partial charge in [-0.05, 0) is 43.7 Å². The Morgan fingerprint density at radius 1 is 1.36 bits per heavy atom. The minimum atomic E-state index is -5.08. The van der Waals surface area contributed by atoms with E-state index in [9.17, 15) is 13.2 Å². The third-order valence-corrected chi connectivity index (χ3v) is 3.78. The van der Waals surface area contributed by atoms with Crippen LogP contribution in [0.1, 0.15) is 12.8 Å². The van der Waals surface area contributed by atoms with Gasteiger partial charge >= 0.3 is 12.1 Å². The molecule has 0 bridgehead atoms. The highest BCUT2D eigenvalue weighted by Crippen LogP contribution is 2.16. The minimum Gasteiger partial charge on any atom is -0.492 e. The molecule has 1 aliphatic heterocycles. The van der Waals surface area contributed by atoms with Gasteiger partial charge in [-0.3, -0.25) is 4.90 Å². The number of likely N-dealkylation sites (tertiary alicyclic amines) is 1. The summed E-state index contributed by atoms with van der Waals surface area (Å²) < 4.78 is 42.8. The number of alkyl halides is 3. The van der Waals surface area contributed by atoms with Crippen LogP contribution in [0, 0.1) is 0 Å². The van der Waals surface area contributed by atoms with Crippen LogP contribution in [0.4, 0.5) is 13.2 Å². The molecule has 25 heavy (non-hydrogen) atoms. The van der Waals surface area contributed by atoms with Crippen molar-refractivity contribution in [1.82, 2.24) is 4.90 Å². The van der Waals surface area contributed by atoms with Crippen molar-refractivity contribution < 1.29 is 32.5 Å². The number of rotatable bonds is 5. The number of benzene rings is 1. The van der Waals surface area contributed by atoms with E-state index in [0.29, 0.717) is 12.7 Å². The third kappa shape index (κ3) is 8.94. The second-order valence-corrected chi connectivity index (χ2v) is 5.84. The maximum atomic E-state index is 10.6. The normalized spacial score (nSPS) is 18.2. The number of carboxylic acid groups (broad SMARTS) is 1. The molecule has 1 aliphatic rings. The number of hydrogen-bond acceptors (Lipinski definition) is 4. The number of carbonyl (C=O) groups is 1. The molecule has 2 rings (SSSR count). The number of ether oxygens (including phenoxy) is 2. The van der Waals surface area contributed by atoms with E-state index < -0.39 is 12.1 Å². The van der Waals surface area contributed by atoms with Gasteiger partial charge in [0.05, 0.1) is 6.10 Å². The zero-order valence-corrected chi connectivity index (χ0v) is 14.5. The number of piperidine rings is 1. The molecule has 5 nitrogen and oxygen atoms in total. The van der Waals surface area contributed by atoms with Crippen molar-refractivity contribution in [2.75, 3.05) is 33.4 Å². The molecular weight excluding hydrogens is 363 g/mol. The van der Waals surface area contributed by atoms with E-state index in [1.54, 1.807) is 7.11 Å². The van der Waals surface area contributed by atoms with Gasteiger partial charge in [-0.1, -0.05) is 11.6 Å². The lowest BCUT2D eigenvalue weighted by molar-refractivity contribution is -0.192. The Hall–Kier alpha value is -1.51. The molecule has 0 amide bonds. The van der Waals surface area contributed by atoms with Crippen LogP contribution in [0.25, 0.3) is 0 Å². The second kappa shape index (κ2) is 10.5. The lowest BCUT2D eigenvalue weighted by Gasteiger charge is -2.31. The predicted octanol–water partition coefficient (Wildman–Crippen LogP) is 3.46. The first-order valence-electron chi connectivity index (χ1n) is 7.66. The molecule has 1 fully saturated rings. The Morgan fingerprint density at radius 2 is 1.96 bits per heavy atom. The SMILES string of the molecule is COC1CCCN(CCOc2ccc(Cl)cc2)C1.O=C(O)C(F)(F)F. The molecule has 0 aromatic heterocycles. The van der Waals surface area contributed by atoms with Crippen molar-refractivity contribution in [3.8, 4) is 5.75 Å². The quantitative estimate of drug-likeness (QED) is 0.843. The maximum absolute atomic E-state index is 10.6. The molecule has 1 N–H and O–H groups in total. The summed E-state index contributed by atoms with van der Waals surface area (Å²) in [7, 11) is 1.79. The molecule has 1 unspecified atom stereocenters. The van der Waals surface area contributed by atoms with E-state index in [-0.39, 0.29) is 0 Å². The zero-order valence-electron chi connectivity index (χ0n) is 13.8. The molecule has 1 aromatic rings. The van der Waals surface area contributed by atoms with Gasteiger partial charge in [0.15, 0.2) is 0 Å². The first-order chi connectivity index (χ1) is 11.7. The first-order valence-corrected chi connectivity index (χ1v) is 8.03. The fraction of sp³-hybridized carbons (Fsp3) is 0.562. The van der Waals surface area contributed by atoms with Crippen LogP contribution in [0.15, 0.2) is 24.3 Å². The van der Waals surface area contributed by atoms with Crippen LogP contribution in [-0.2, 0) is 9.53 Å². The summed E-state index contributed by atoms with van der Waals surface area (Å²) >= 11 is 5.82. The van der Waals surface area contributed by atoms with Gasteiger partial charge in [0, 0.05) is 25.2 Å². The summed E-state index contributed by atoms with van der Waals surface area (Å²) in [6.45, 7) is 3.81. The van der Waals surface area contributed by atoms with Gasteiger partial charge in [-0.15, -0.1) is 0 Å². The van der Waals surface area contributed by atoms with Crippen LogP contribution >= 0.6 is 11.6 Å². The molecule has 9 heteroatoms. The van der Waals surface area contributed by atoms with Gasteiger partial charge in [0.2, 0.25) is 0 Å². The van der Waals surface area contributed by atoms with Crippen LogP contribution < -0.4 is 4.74 Å². The smallest absolute Gasteiger partial charge is 0.490 e. The van der Waals surface area contributed by atoms with Crippen molar-refractivity contribution >= 4 is 17.6 Å². The second-order valence-electron chi connectivity index (χ2n) is 5.41. The molecular formula is C16H21ClF3NO4. The highest BCUT2D eigenvalue weighted by molar-refractivity contribution is 6.30. The van der Waals surface area contributed by atoms with Crippen molar-refractivity contribution in [2.45, 2.75) is 25.1 Å². The average molecular weight is 384 g/mol. The Kier molecular flexibility index (Phi) is 9.02. The molecule has 1 heterocycles. The number of carboxylic acids is 1. The maximum Gasteiger partial charge on any atom is 0.490 e. The van der Waals surface area contributed by atoms with E-state index in [0.717, 1.165) is 30.4 Å². The molecule has 0 radical (unpaired) electrons. The lowest BCUT2D eigenvalue weighted by Crippen LogP contribution is -2.41. The first kappa shape index (κ1) is 21.5. The Labute approximate surface area is 149 Å². The third-order valence-electron chi connectivity index (χ3n) is 3.53. The van der Waals surface area contributed by atoms with E-state index in [1.165, 1.54) is 12.8 Å². The summed E-state index contributed by atoms with van der Waals surface area (Å²) in [6.07, 6.45) is -2.32. The Bertz CT molecular complexity index is 525. The van der Waals surface area contributed by atoms with Crippen LogP contribution in [0.2, 0.25) is 5.02 Å². The molecule has 0 saturated carbocycles. The van der Waals surface area contributed by atoms with Gasteiger partial charge < -0.3 is 14.6 Å². The van der Waals surface area contributed by atoms with Gasteiger partial charge in [-0.25, -0.2) is 4.79 Å². The van der Waals surface area contributed by atoms with Crippen molar-refractivity contribution in [2.24, 2.45) is 0 Å². The summed E-state index contributed by atoms with van der Waals surface area (Å²) in [6, 6.07) is 7.49. The summed E-state index contributed by atoms with van der Waals surface area (Å²) in [5.41, 5.74) is 0. The van der Waals surface area contributed by atoms with E-state index in [1.807, 2.05) is 24.3 Å². The monoisotopic (exact) mass is 383 g/mol. The van der Waals surface area contributed by atoms with Crippen LogP contribution in [0.3, 0.4) is 0 Å². The number of halogens is 4. The standard InChI is InChI=1S/C14H20ClNO2.C2HF3O2/c1-17-14-3-2-8-16(11-14)9-10-18-13-6-4-12(15)5-7-13;3-2(4,5)1(6)7/h4-7,14H,2-3,8-11H2,1H3;(H,6,7). The summed E-state index contributed by atoms with van der Waals surface area (Å²) in [5, 5.41) is 7.86. The highest BCUT2D eigenvalue weighted by Gasteiger charge is 2.38. The van der Waals surface area contributed by atoms with Crippen molar-refractivity contribution in [1.29, 1.82) is 0 Å². The van der Waals surface area contributed by atoms with E-state index >= 15 is 0 Å². The molecule has 1 atom stereocenters. The van der Waals surface area contributed by atoms with Gasteiger partial charge in [0.25, 0.3) is 0 Å². The van der Waals surface area contributed by atoms with E-state index in [2.05, 4.69) is 4.90 Å². The van der Waals surface area contributed by atoms with Crippen LogP contribution in [0.5, 0.6) is 5.75 Å².